The molecule has 0 aliphatic rings. The van der Waals surface area contributed by atoms with Gasteiger partial charge in [-0.1, -0.05) is 30.2 Å². The number of carbonyl (C=O) groups is 1. The number of benzene rings is 2. The normalized spacial score (nSPS) is 13.1. The van der Waals surface area contributed by atoms with Gasteiger partial charge in [0.2, 0.25) is 0 Å². The predicted molar refractivity (Wildman–Crippen MR) is 131 cm³/mol. The lowest BCUT2D eigenvalue weighted by atomic mass is 10.1. The molecule has 1 unspecified atom stereocenters. The van der Waals surface area contributed by atoms with Gasteiger partial charge in [0, 0.05) is 29.5 Å². The fourth-order valence-corrected chi connectivity index (χ4v) is 6.40. The predicted octanol–water partition coefficient (Wildman–Crippen LogP) is 3.94. The summed E-state index contributed by atoms with van der Waals surface area (Å²) in [5.41, 5.74) is 4.68. The fourth-order valence-electron chi connectivity index (χ4n) is 4.04. The molecule has 1 atom stereocenters. The molecular formula is C25H27N4O3P. The molecule has 4 rings (SSSR count). The van der Waals surface area contributed by atoms with Crippen molar-refractivity contribution in [2.24, 2.45) is 0 Å². The van der Waals surface area contributed by atoms with Crippen molar-refractivity contribution >= 4 is 34.8 Å². The Bertz CT molecular complexity index is 1340. The highest BCUT2D eigenvalue weighted by atomic mass is 31.2. The number of hydrogen-bond acceptors (Lipinski definition) is 5. The zero-order valence-corrected chi connectivity index (χ0v) is 20.1. The SMILES string of the molecule is CCc1ccc2[nH]c(C(=O)NCc3ccncn3)c(P(=O)(OC)c3cc(C)cc(C)c3)c2c1. The molecule has 2 N–H and O–H groups in total. The Morgan fingerprint density at radius 1 is 1.12 bits per heavy atom. The maximum absolute atomic E-state index is 14.5. The van der Waals surface area contributed by atoms with Crippen LogP contribution in [0.25, 0.3) is 10.9 Å². The number of nitrogens with zero attached hydrogens (tertiary/aromatic N) is 2. The minimum absolute atomic E-state index is 0.219. The van der Waals surface area contributed by atoms with Gasteiger partial charge in [-0.05, 0) is 56.2 Å². The maximum atomic E-state index is 14.5. The summed E-state index contributed by atoms with van der Waals surface area (Å²) >= 11 is 0. The van der Waals surface area contributed by atoms with Crippen LogP contribution in [0.4, 0.5) is 0 Å². The first kappa shape index (κ1) is 22.9. The van der Waals surface area contributed by atoms with Crippen molar-refractivity contribution in [3.63, 3.8) is 0 Å². The number of aromatic nitrogens is 3. The summed E-state index contributed by atoms with van der Waals surface area (Å²) in [5.74, 6) is -0.375. The van der Waals surface area contributed by atoms with E-state index in [9.17, 15) is 9.36 Å². The lowest BCUT2D eigenvalue weighted by molar-refractivity contribution is 0.0947. The van der Waals surface area contributed by atoms with E-state index in [0.717, 1.165) is 34.0 Å². The molecule has 0 bridgehead atoms. The molecule has 4 aromatic rings. The average molecular weight is 462 g/mol. The van der Waals surface area contributed by atoms with Gasteiger partial charge in [-0.25, -0.2) is 9.97 Å². The molecule has 8 heteroatoms. The van der Waals surface area contributed by atoms with Gasteiger partial charge in [0.1, 0.15) is 12.0 Å². The highest BCUT2D eigenvalue weighted by Gasteiger charge is 2.36. The summed E-state index contributed by atoms with van der Waals surface area (Å²) in [4.78, 5) is 24.6. The summed E-state index contributed by atoms with van der Waals surface area (Å²) in [5, 5.41) is 4.56. The van der Waals surface area contributed by atoms with Crippen LogP contribution >= 0.6 is 7.37 Å². The largest absolute Gasteiger partial charge is 0.350 e. The van der Waals surface area contributed by atoms with Crippen molar-refractivity contribution < 1.29 is 13.9 Å². The van der Waals surface area contributed by atoms with Crippen LogP contribution in [0.2, 0.25) is 0 Å². The van der Waals surface area contributed by atoms with Crippen LogP contribution in [-0.2, 0) is 22.1 Å². The molecule has 0 saturated carbocycles. The Morgan fingerprint density at radius 2 is 1.88 bits per heavy atom. The van der Waals surface area contributed by atoms with Crippen LogP contribution in [-0.4, -0.2) is 28.0 Å². The first-order valence-corrected chi connectivity index (χ1v) is 12.4. The van der Waals surface area contributed by atoms with E-state index < -0.39 is 7.37 Å². The second-order valence-corrected chi connectivity index (χ2v) is 10.5. The van der Waals surface area contributed by atoms with Crippen LogP contribution in [0.3, 0.4) is 0 Å². The molecule has 7 nitrogen and oxygen atoms in total. The van der Waals surface area contributed by atoms with Crippen LogP contribution in [0.15, 0.2) is 55.0 Å². The second kappa shape index (κ2) is 9.30. The fraction of sp³-hybridized carbons (Fsp3) is 0.240. The molecule has 2 aromatic heterocycles. The summed E-state index contributed by atoms with van der Waals surface area (Å²) in [6, 6.07) is 13.4. The van der Waals surface area contributed by atoms with E-state index >= 15 is 0 Å². The Labute approximate surface area is 193 Å². The van der Waals surface area contributed by atoms with Gasteiger partial charge in [-0.15, -0.1) is 0 Å². The first-order chi connectivity index (χ1) is 15.9. The Balaban J connectivity index is 1.88. The third-order valence-electron chi connectivity index (χ3n) is 5.64. The minimum Gasteiger partial charge on any atom is -0.350 e. The van der Waals surface area contributed by atoms with Crippen molar-refractivity contribution in [3.05, 3.63) is 83.1 Å². The summed E-state index contributed by atoms with van der Waals surface area (Å²) in [7, 11) is -2.16. The molecule has 0 spiro atoms. The maximum Gasteiger partial charge on any atom is 0.268 e. The van der Waals surface area contributed by atoms with Crippen molar-refractivity contribution in [1.82, 2.24) is 20.3 Å². The van der Waals surface area contributed by atoms with Crippen molar-refractivity contribution in [1.29, 1.82) is 0 Å². The monoisotopic (exact) mass is 462 g/mol. The molecule has 0 aliphatic heterocycles. The Morgan fingerprint density at radius 3 is 2.52 bits per heavy atom. The van der Waals surface area contributed by atoms with Crippen molar-refractivity contribution in [3.8, 4) is 0 Å². The summed E-state index contributed by atoms with van der Waals surface area (Å²) in [6.07, 6.45) is 3.87. The summed E-state index contributed by atoms with van der Waals surface area (Å²) in [6.45, 7) is 6.19. The molecule has 170 valence electrons. The Hall–Kier alpha value is -3.28. The third kappa shape index (κ3) is 4.47. The van der Waals surface area contributed by atoms with E-state index in [2.05, 4.69) is 27.2 Å². The molecule has 2 heterocycles. The van der Waals surface area contributed by atoms with E-state index in [0.29, 0.717) is 16.3 Å². The van der Waals surface area contributed by atoms with Crippen LogP contribution in [0.1, 0.15) is 39.8 Å². The van der Waals surface area contributed by atoms with Crippen molar-refractivity contribution in [2.75, 3.05) is 7.11 Å². The molecule has 0 aliphatic carbocycles. The molecular weight excluding hydrogens is 435 g/mol. The first-order valence-electron chi connectivity index (χ1n) is 10.8. The van der Waals surface area contributed by atoms with E-state index in [1.54, 1.807) is 12.3 Å². The number of aromatic amines is 1. The van der Waals surface area contributed by atoms with E-state index in [1.807, 2.05) is 50.2 Å². The van der Waals surface area contributed by atoms with E-state index in [1.165, 1.54) is 13.4 Å². The van der Waals surface area contributed by atoms with Gasteiger partial charge in [0.05, 0.1) is 17.5 Å². The van der Waals surface area contributed by atoms with Gasteiger partial charge in [0.25, 0.3) is 13.3 Å². The molecule has 0 fully saturated rings. The standard InChI is InChI=1S/C25H27N4O3P/c1-5-18-6-7-22-21(13-18)24(33(31,32-4)20-11-16(2)10-17(3)12-20)23(29-22)25(30)27-14-19-8-9-26-15-28-19/h6-13,15,29H,5,14H2,1-4H3,(H,27,30). The number of hydrogen-bond donors (Lipinski definition) is 2. The number of rotatable bonds is 7. The number of carbonyl (C=O) groups excluding carboxylic acids is 1. The average Bonchev–Trinajstić information content (AvgIpc) is 3.21. The number of amides is 1. The second-order valence-electron chi connectivity index (χ2n) is 8.05. The van der Waals surface area contributed by atoms with E-state index in [-0.39, 0.29) is 18.1 Å². The lowest BCUT2D eigenvalue weighted by Gasteiger charge is -2.19. The molecule has 2 aromatic carbocycles. The van der Waals surface area contributed by atoms with Gasteiger partial charge < -0.3 is 14.8 Å². The van der Waals surface area contributed by atoms with Crippen LogP contribution in [0.5, 0.6) is 0 Å². The number of fused-ring (bicyclic) bond motifs is 1. The van der Waals surface area contributed by atoms with Gasteiger partial charge in [-0.3, -0.25) is 9.36 Å². The van der Waals surface area contributed by atoms with Crippen LogP contribution in [0, 0.1) is 13.8 Å². The number of aryl methyl sites for hydroxylation is 3. The van der Waals surface area contributed by atoms with Gasteiger partial charge in [-0.2, -0.15) is 0 Å². The number of H-pyrrole nitrogens is 1. The smallest absolute Gasteiger partial charge is 0.268 e. The van der Waals surface area contributed by atoms with Gasteiger partial charge >= 0.3 is 0 Å². The quantitative estimate of drug-likeness (QED) is 0.406. The molecule has 0 radical (unpaired) electrons. The molecule has 0 saturated heterocycles. The minimum atomic E-state index is -3.59. The van der Waals surface area contributed by atoms with Gasteiger partial charge in [0.15, 0.2) is 0 Å². The Kier molecular flexibility index (Phi) is 6.45. The third-order valence-corrected chi connectivity index (χ3v) is 8.15. The molecule has 33 heavy (non-hydrogen) atoms. The zero-order chi connectivity index (χ0) is 23.6. The highest BCUT2D eigenvalue weighted by molar-refractivity contribution is 7.75. The van der Waals surface area contributed by atoms with Crippen LogP contribution < -0.4 is 15.9 Å². The van der Waals surface area contributed by atoms with E-state index in [4.69, 9.17) is 4.52 Å². The number of nitrogens with one attached hydrogen (secondary N) is 2. The zero-order valence-electron chi connectivity index (χ0n) is 19.2. The topological polar surface area (TPSA) is 97.0 Å². The molecule has 1 amide bonds. The highest BCUT2D eigenvalue weighted by Crippen LogP contribution is 2.47. The lowest BCUT2D eigenvalue weighted by Crippen LogP contribution is -2.30. The van der Waals surface area contributed by atoms with Crippen molar-refractivity contribution in [2.45, 2.75) is 33.7 Å². The summed E-state index contributed by atoms with van der Waals surface area (Å²) < 4.78 is 20.3.